The minimum Gasteiger partial charge on any atom is -0.468 e. The number of ketones is 1. The van der Waals surface area contributed by atoms with Crippen molar-refractivity contribution >= 4 is 17.7 Å². The van der Waals surface area contributed by atoms with E-state index in [9.17, 15) is 14.4 Å². The summed E-state index contributed by atoms with van der Waals surface area (Å²) in [7, 11) is 2.32. The predicted molar refractivity (Wildman–Crippen MR) is 100 cm³/mol. The maximum atomic E-state index is 13.5. The predicted octanol–water partition coefficient (Wildman–Crippen LogP) is 2.48. The lowest BCUT2D eigenvalue weighted by molar-refractivity contribution is -0.188. The number of esters is 2. The third-order valence-corrected chi connectivity index (χ3v) is 5.86. The number of hydrogen-bond donors (Lipinski definition) is 0. The van der Waals surface area contributed by atoms with E-state index in [1.54, 1.807) is 61.5 Å². The lowest BCUT2D eigenvalue weighted by atomic mass is 9.61. The fraction of sp³-hybridized carbons (Fsp3) is 0.318. The molecule has 2 aliphatic heterocycles. The molecule has 2 heterocycles. The van der Waals surface area contributed by atoms with Gasteiger partial charge in [0.05, 0.1) is 19.8 Å². The lowest BCUT2D eigenvalue weighted by Gasteiger charge is -2.39. The summed E-state index contributed by atoms with van der Waals surface area (Å²) in [5, 5.41) is 0. The monoisotopic (exact) mass is 396 g/mol. The van der Waals surface area contributed by atoms with Gasteiger partial charge in [-0.05, 0) is 24.6 Å². The van der Waals surface area contributed by atoms with Crippen LogP contribution in [0.15, 0.2) is 54.6 Å². The highest BCUT2D eigenvalue weighted by Crippen LogP contribution is 2.60. The van der Waals surface area contributed by atoms with Crippen LogP contribution in [0.25, 0.3) is 0 Å². The highest BCUT2D eigenvalue weighted by atomic mass is 16.7. The van der Waals surface area contributed by atoms with Gasteiger partial charge in [-0.1, -0.05) is 42.5 Å². The quantitative estimate of drug-likeness (QED) is 0.582. The second-order valence-electron chi connectivity index (χ2n) is 7.13. The van der Waals surface area contributed by atoms with Gasteiger partial charge in [-0.25, -0.2) is 0 Å². The Kier molecular flexibility index (Phi) is 4.42. The van der Waals surface area contributed by atoms with Crippen LogP contribution in [0.4, 0.5) is 0 Å². The molecule has 0 aliphatic carbocycles. The van der Waals surface area contributed by atoms with Crippen LogP contribution in [0, 0.1) is 11.3 Å². The number of benzene rings is 2. The number of carbonyl (C=O) groups is 3. The van der Waals surface area contributed by atoms with Crippen molar-refractivity contribution in [3.63, 3.8) is 0 Å². The summed E-state index contributed by atoms with van der Waals surface area (Å²) in [5.74, 6) is -3.21. The normalized spacial score (nSPS) is 26.7. The zero-order valence-corrected chi connectivity index (χ0v) is 16.2. The number of ether oxygens (including phenoxy) is 4. The van der Waals surface area contributed by atoms with E-state index in [0.29, 0.717) is 11.3 Å². The number of rotatable bonds is 3. The van der Waals surface area contributed by atoms with E-state index in [1.807, 2.05) is 0 Å². The average molecular weight is 396 g/mol. The smallest absolute Gasteiger partial charge is 0.327 e. The Balaban J connectivity index is 2.01. The van der Waals surface area contributed by atoms with Gasteiger partial charge in [-0.15, -0.1) is 0 Å². The van der Waals surface area contributed by atoms with Crippen LogP contribution in [-0.4, -0.2) is 38.2 Å². The van der Waals surface area contributed by atoms with Crippen molar-refractivity contribution in [2.45, 2.75) is 18.8 Å². The van der Waals surface area contributed by atoms with Crippen LogP contribution in [0.2, 0.25) is 0 Å². The number of fused-ring (bicyclic) bond motifs is 2. The van der Waals surface area contributed by atoms with E-state index in [-0.39, 0.29) is 5.56 Å². The molecular formula is C22H20O7. The van der Waals surface area contributed by atoms with Crippen molar-refractivity contribution in [2.75, 3.05) is 14.2 Å². The average Bonchev–Trinajstić information content (AvgIpc) is 3.03. The summed E-state index contributed by atoms with van der Waals surface area (Å²) in [6.07, 6.45) is -1.17. The molecule has 0 aromatic heterocycles. The molecule has 1 saturated heterocycles. The maximum Gasteiger partial charge on any atom is 0.327 e. The molecule has 0 unspecified atom stereocenters. The zero-order chi connectivity index (χ0) is 20.8. The summed E-state index contributed by atoms with van der Waals surface area (Å²) in [5.41, 5.74) is -2.87. The Hall–Kier alpha value is -3.19. The molecule has 0 N–H and O–H groups in total. The third-order valence-electron chi connectivity index (χ3n) is 5.86. The Morgan fingerprint density at radius 1 is 0.931 bits per heavy atom. The Bertz CT molecular complexity index is 968. The molecule has 2 aromatic rings. The highest BCUT2D eigenvalue weighted by molar-refractivity contribution is 6.12. The largest absolute Gasteiger partial charge is 0.468 e. The van der Waals surface area contributed by atoms with Crippen molar-refractivity contribution < 1.29 is 33.3 Å². The molecule has 7 heteroatoms. The molecular weight excluding hydrogens is 376 g/mol. The number of hydrogen-bond acceptors (Lipinski definition) is 7. The first-order chi connectivity index (χ1) is 13.9. The van der Waals surface area contributed by atoms with Gasteiger partial charge in [0.25, 0.3) is 0 Å². The van der Waals surface area contributed by atoms with E-state index in [2.05, 4.69) is 0 Å². The van der Waals surface area contributed by atoms with Gasteiger partial charge in [0.15, 0.2) is 5.78 Å². The van der Waals surface area contributed by atoms with E-state index in [1.165, 1.54) is 0 Å². The molecule has 7 nitrogen and oxygen atoms in total. The molecule has 1 fully saturated rings. The van der Waals surface area contributed by atoms with Crippen molar-refractivity contribution in [3.05, 3.63) is 65.7 Å². The Morgan fingerprint density at radius 3 is 2.14 bits per heavy atom. The minimum atomic E-state index is -2.09. The molecule has 0 bridgehead atoms. The topological polar surface area (TPSA) is 88.1 Å². The molecule has 2 aliphatic rings. The summed E-state index contributed by atoms with van der Waals surface area (Å²) >= 11 is 0. The molecule has 2 aromatic carbocycles. The highest BCUT2D eigenvalue weighted by Gasteiger charge is 2.77. The van der Waals surface area contributed by atoms with E-state index in [0.717, 1.165) is 14.2 Å². The first-order valence-electron chi connectivity index (χ1n) is 9.12. The van der Waals surface area contributed by atoms with Gasteiger partial charge in [-0.3, -0.25) is 14.4 Å². The maximum absolute atomic E-state index is 13.5. The van der Waals surface area contributed by atoms with Crippen LogP contribution in [0.1, 0.15) is 22.8 Å². The van der Waals surface area contributed by atoms with E-state index in [4.69, 9.17) is 18.9 Å². The van der Waals surface area contributed by atoms with E-state index >= 15 is 0 Å². The van der Waals surface area contributed by atoms with Gasteiger partial charge in [0, 0.05) is 0 Å². The van der Waals surface area contributed by atoms with Crippen molar-refractivity contribution in [3.8, 4) is 5.75 Å². The number of carbonyl (C=O) groups excluding carboxylic acids is 3. The third kappa shape index (κ3) is 2.37. The van der Waals surface area contributed by atoms with Crippen LogP contribution in [-0.2, 0) is 29.4 Å². The fourth-order valence-corrected chi connectivity index (χ4v) is 4.47. The summed E-state index contributed by atoms with van der Waals surface area (Å²) in [6, 6.07) is 15.4. The zero-order valence-electron chi connectivity index (χ0n) is 16.2. The van der Waals surface area contributed by atoms with E-state index < -0.39 is 40.9 Å². The summed E-state index contributed by atoms with van der Waals surface area (Å²) in [4.78, 5) is 40.0. The van der Waals surface area contributed by atoms with Crippen LogP contribution in [0.5, 0.6) is 5.75 Å². The Morgan fingerprint density at radius 2 is 1.52 bits per heavy atom. The molecule has 0 radical (unpaired) electrons. The van der Waals surface area contributed by atoms with Crippen molar-refractivity contribution in [1.82, 2.24) is 0 Å². The number of Topliss-reactive ketones (excluding diaryl/α,β-unsaturated/α-hetero) is 1. The van der Waals surface area contributed by atoms with Gasteiger partial charge >= 0.3 is 11.9 Å². The summed E-state index contributed by atoms with van der Waals surface area (Å²) < 4.78 is 22.2. The second kappa shape index (κ2) is 6.70. The van der Waals surface area contributed by atoms with Gasteiger partial charge < -0.3 is 18.9 Å². The molecule has 4 rings (SSSR count). The number of para-hydroxylation sites is 1. The first kappa shape index (κ1) is 19.1. The van der Waals surface area contributed by atoms with Crippen LogP contribution in [0.3, 0.4) is 0 Å². The first-order valence-corrected chi connectivity index (χ1v) is 9.12. The second-order valence-corrected chi connectivity index (χ2v) is 7.13. The van der Waals surface area contributed by atoms with Gasteiger partial charge in [0.1, 0.15) is 17.3 Å². The molecule has 3 atom stereocenters. The lowest BCUT2D eigenvalue weighted by Crippen LogP contribution is -2.58. The number of methoxy groups -OCH3 is 2. The molecule has 0 saturated carbocycles. The van der Waals surface area contributed by atoms with Crippen molar-refractivity contribution in [2.24, 2.45) is 11.3 Å². The van der Waals surface area contributed by atoms with Crippen LogP contribution >= 0.6 is 0 Å². The van der Waals surface area contributed by atoms with Gasteiger partial charge in [0.2, 0.25) is 11.7 Å². The standard InChI is InChI=1S/C22H20O7/c1-21(13-9-5-4-6-10-13)22(19(24)26-2,20(25)27-3)16-17(23)14-11-7-8-12-15(14)28-18(16)29-21/h4-12,16,18H,1-3H3/t16-,18-,21+/m1/s1. The Labute approximate surface area is 167 Å². The molecule has 0 amide bonds. The SMILES string of the molecule is COC(=O)C1(C(=O)OC)[C@@H]2C(=O)c3ccccc3O[C@@H]2O[C@@]1(C)c1ccccc1. The summed E-state index contributed by atoms with van der Waals surface area (Å²) in [6.45, 7) is 1.58. The molecule has 0 spiro atoms. The van der Waals surface area contributed by atoms with Gasteiger partial charge in [-0.2, -0.15) is 0 Å². The van der Waals surface area contributed by atoms with Crippen molar-refractivity contribution in [1.29, 1.82) is 0 Å². The fourth-order valence-electron chi connectivity index (χ4n) is 4.47. The molecule has 150 valence electrons. The molecule has 29 heavy (non-hydrogen) atoms. The van der Waals surface area contributed by atoms with Crippen LogP contribution < -0.4 is 4.74 Å². The minimum absolute atomic E-state index is 0.270.